The molecule has 1 unspecified atom stereocenters. The monoisotopic (exact) mass is 519 g/mol. The van der Waals surface area contributed by atoms with Crippen molar-refractivity contribution in [2.24, 2.45) is 7.05 Å². The van der Waals surface area contributed by atoms with Gasteiger partial charge in [-0.2, -0.15) is 0 Å². The highest BCUT2D eigenvalue weighted by atomic mass is 31.2. The summed E-state index contributed by atoms with van der Waals surface area (Å²) in [5, 5.41) is 3.19. The Morgan fingerprint density at radius 1 is 0.944 bits per heavy atom. The first-order chi connectivity index (χ1) is 17.3. The molecular weight excluding hydrogens is 485 g/mol. The van der Waals surface area contributed by atoms with E-state index in [0.29, 0.717) is 34.2 Å². The van der Waals surface area contributed by atoms with Gasteiger partial charge in [0, 0.05) is 7.05 Å². The van der Waals surface area contributed by atoms with Gasteiger partial charge in [-0.15, -0.1) is 0 Å². The molecule has 1 heterocycles. The lowest BCUT2D eigenvalue weighted by molar-refractivity contribution is 0.214. The molecule has 1 N–H and O–H groups in total. The normalized spacial score (nSPS) is 12.3. The topological polar surface area (TPSA) is 102 Å². The molecule has 11 heteroatoms. The lowest BCUT2D eigenvalue weighted by atomic mass is 10.1. The average Bonchev–Trinajstić information content (AvgIpc) is 3.09. The van der Waals surface area contributed by atoms with Crippen LogP contribution in [0.5, 0.6) is 17.2 Å². The molecule has 3 aromatic rings. The Morgan fingerprint density at radius 3 is 1.97 bits per heavy atom. The summed E-state index contributed by atoms with van der Waals surface area (Å²) in [6.07, 6.45) is 0. The van der Waals surface area contributed by atoms with Gasteiger partial charge in [0.05, 0.1) is 45.9 Å². The van der Waals surface area contributed by atoms with Gasteiger partial charge in [-0.25, -0.2) is 4.68 Å². The van der Waals surface area contributed by atoms with E-state index in [1.54, 1.807) is 37.7 Å². The Morgan fingerprint density at radius 2 is 1.50 bits per heavy atom. The van der Waals surface area contributed by atoms with Crippen molar-refractivity contribution >= 4 is 13.3 Å². The highest BCUT2D eigenvalue weighted by molar-refractivity contribution is 7.54. The number of hydrogen-bond donors (Lipinski definition) is 1. The standard InChI is InChI=1S/C25H34N3O7P/c1-8-34-36(30,35-9-2)24(18-15-20(31-5)23(33-7)21(16-18)32-6)26-22-17(3)27(4)28(25(22)29)19-13-11-10-12-14-19/h10-16,24,26H,8-9H2,1-7H3. The largest absolute Gasteiger partial charge is 0.493 e. The maximum absolute atomic E-state index is 14.1. The molecule has 0 spiro atoms. The summed E-state index contributed by atoms with van der Waals surface area (Å²) >= 11 is 0. The third-order valence-electron chi connectivity index (χ3n) is 5.77. The van der Waals surface area contributed by atoms with Gasteiger partial charge in [0.1, 0.15) is 5.69 Å². The minimum atomic E-state index is -3.84. The summed E-state index contributed by atoms with van der Waals surface area (Å²) in [6, 6.07) is 12.6. The molecule has 0 aliphatic heterocycles. The van der Waals surface area contributed by atoms with Gasteiger partial charge in [-0.3, -0.25) is 14.0 Å². The van der Waals surface area contributed by atoms with Gasteiger partial charge in [-0.1, -0.05) is 18.2 Å². The fraction of sp³-hybridized carbons (Fsp3) is 0.400. The Labute approximate surface area is 211 Å². The quantitative estimate of drug-likeness (QED) is 0.338. The van der Waals surface area contributed by atoms with Crippen molar-refractivity contribution in [2.45, 2.75) is 26.6 Å². The van der Waals surface area contributed by atoms with Crippen molar-refractivity contribution in [3.8, 4) is 22.9 Å². The van der Waals surface area contributed by atoms with E-state index in [2.05, 4.69) is 5.32 Å². The summed E-state index contributed by atoms with van der Waals surface area (Å²) in [4.78, 5) is 13.6. The second kappa shape index (κ2) is 11.7. The first kappa shape index (κ1) is 27.4. The van der Waals surface area contributed by atoms with E-state index in [9.17, 15) is 9.36 Å². The van der Waals surface area contributed by atoms with Crippen LogP contribution in [0.25, 0.3) is 5.69 Å². The van der Waals surface area contributed by atoms with E-state index >= 15 is 0 Å². The molecule has 0 bridgehead atoms. The van der Waals surface area contributed by atoms with E-state index in [0.717, 1.165) is 0 Å². The molecule has 36 heavy (non-hydrogen) atoms. The van der Waals surface area contributed by atoms with Crippen molar-refractivity contribution in [2.75, 3.05) is 39.9 Å². The molecule has 0 amide bonds. The Bertz CT molecular complexity index is 1250. The maximum atomic E-state index is 14.1. The Balaban J connectivity index is 2.24. The van der Waals surface area contributed by atoms with Gasteiger partial charge in [0.15, 0.2) is 17.3 Å². The van der Waals surface area contributed by atoms with Crippen LogP contribution in [0.15, 0.2) is 47.3 Å². The highest BCUT2D eigenvalue weighted by Gasteiger charge is 2.39. The SMILES string of the molecule is CCOP(=O)(OCC)C(Nc1c(C)n(C)n(-c2ccccc2)c1=O)c1cc(OC)c(OC)c(OC)c1. The van der Waals surface area contributed by atoms with Crippen LogP contribution in [-0.2, 0) is 20.7 Å². The van der Waals surface area contributed by atoms with E-state index < -0.39 is 13.4 Å². The number of hydrogen-bond acceptors (Lipinski definition) is 8. The predicted octanol–water partition coefficient (Wildman–Crippen LogP) is 4.89. The molecule has 10 nitrogen and oxygen atoms in total. The highest BCUT2D eigenvalue weighted by Crippen LogP contribution is 2.61. The van der Waals surface area contributed by atoms with Crippen LogP contribution in [0.1, 0.15) is 30.9 Å². The van der Waals surface area contributed by atoms with Gasteiger partial charge >= 0.3 is 7.60 Å². The zero-order chi connectivity index (χ0) is 26.5. The summed E-state index contributed by atoms with van der Waals surface area (Å²) in [7, 11) is 2.44. The Kier molecular flexibility index (Phi) is 8.89. The molecule has 0 aliphatic rings. The van der Waals surface area contributed by atoms with Crippen LogP contribution < -0.4 is 25.1 Å². The molecule has 1 aromatic heterocycles. The van der Waals surface area contributed by atoms with Crippen LogP contribution in [-0.4, -0.2) is 43.9 Å². The number of aromatic nitrogens is 2. The molecule has 196 valence electrons. The number of nitrogens with one attached hydrogen (secondary N) is 1. The summed E-state index contributed by atoms with van der Waals surface area (Å²) in [5.74, 6) is 0.0611. The number of rotatable bonds is 12. The van der Waals surface area contributed by atoms with Crippen molar-refractivity contribution in [3.05, 3.63) is 64.1 Å². The van der Waals surface area contributed by atoms with Crippen molar-refractivity contribution in [1.29, 1.82) is 0 Å². The van der Waals surface area contributed by atoms with Gasteiger partial charge < -0.3 is 28.6 Å². The van der Waals surface area contributed by atoms with Crippen molar-refractivity contribution < 1.29 is 27.8 Å². The third-order valence-corrected chi connectivity index (χ3v) is 8.07. The summed E-state index contributed by atoms with van der Waals surface area (Å²) < 4.78 is 45.3. The minimum Gasteiger partial charge on any atom is -0.493 e. The molecule has 0 radical (unpaired) electrons. The second-order valence-corrected chi connectivity index (χ2v) is 9.93. The van der Waals surface area contributed by atoms with E-state index in [4.69, 9.17) is 23.3 Å². The second-order valence-electron chi connectivity index (χ2n) is 7.82. The minimum absolute atomic E-state index is 0.141. The number of nitrogens with zero attached hydrogens (tertiary/aromatic N) is 2. The fourth-order valence-electron chi connectivity index (χ4n) is 4.02. The van der Waals surface area contributed by atoms with E-state index in [-0.39, 0.29) is 24.5 Å². The van der Waals surface area contributed by atoms with E-state index in [1.165, 1.54) is 26.0 Å². The smallest absolute Gasteiger partial charge is 0.357 e. The molecule has 1 atom stereocenters. The van der Waals surface area contributed by atoms with Gasteiger partial charge in [-0.05, 0) is 50.6 Å². The zero-order valence-corrected chi connectivity index (χ0v) is 22.6. The molecular formula is C25H34N3O7P. The maximum Gasteiger partial charge on any atom is 0.357 e. The number of methoxy groups -OCH3 is 3. The zero-order valence-electron chi connectivity index (χ0n) is 21.7. The molecule has 2 aromatic carbocycles. The summed E-state index contributed by atoms with van der Waals surface area (Å²) in [6.45, 7) is 5.55. The van der Waals surface area contributed by atoms with Gasteiger partial charge in [0.2, 0.25) is 5.75 Å². The molecule has 0 fully saturated rings. The van der Waals surface area contributed by atoms with Crippen LogP contribution in [0.3, 0.4) is 0 Å². The predicted molar refractivity (Wildman–Crippen MR) is 139 cm³/mol. The molecule has 0 saturated carbocycles. The van der Waals surface area contributed by atoms with Crippen LogP contribution in [0.2, 0.25) is 0 Å². The van der Waals surface area contributed by atoms with Gasteiger partial charge in [0.25, 0.3) is 5.56 Å². The van der Waals surface area contributed by atoms with Crippen LogP contribution >= 0.6 is 7.60 Å². The number of para-hydroxylation sites is 1. The van der Waals surface area contributed by atoms with Crippen molar-refractivity contribution in [3.63, 3.8) is 0 Å². The average molecular weight is 520 g/mol. The van der Waals surface area contributed by atoms with Crippen LogP contribution in [0.4, 0.5) is 5.69 Å². The molecule has 0 aliphatic carbocycles. The van der Waals surface area contributed by atoms with E-state index in [1.807, 2.05) is 37.3 Å². The fourth-order valence-corrected chi connectivity index (χ4v) is 5.92. The Hall–Kier alpha value is -3.20. The first-order valence-electron chi connectivity index (χ1n) is 11.5. The number of ether oxygens (including phenoxy) is 3. The lowest BCUT2D eigenvalue weighted by Crippen LogP contribution is -2.23. The van der Waals surface area contributed by atoms with Crippen LogP contribution in [0, 0.1) is 6.92 Å². The lowest BCUT2D eigenvalue weighted by Gasteiger charge is -2.28. The van der Waals surface area contributed by atoms with Crippen molar-refractivity contribution in [1.82, 2.24) is 9.36 Å². The third kappa shape index (κ3) is 5.16. The number of benzene rings is 2. The molecule has 3 rings (SSSR count). The molecule has 0 saturated heterocycles. The number of anilines is 1. The first-order valence-corrected chi connectivity index (χ1v) is 13.2. The summed E-state index contributed by atoms with van der Waals surface area (Å²) in [5.41, 5.74) is 1.77.